The van der Waals surface area contributed by atoms with Crippen molar-refractivity contribution in [2.45, 2.75) is 38.0 Å². The average Bonchev–Trinajstić information content (AvgIpc) is 3.27. The highest BCUT2D eigenvalue weighted by atomic mass is 16.5. The molecule has 2 aromatic carbocycles. The lowest BCUT2D eigenvalue weighted by Crippen LogP contribution is -2.49. The highest BCUT2D eigenvalue weighted by molar-refractivity contribution is 6.01. The molecule has 7 nitrogen and oxygen atoms in total. The van der Waals surface area contributed by atoms with Crippen molar-refractivity contribution in [2.24, 2.45) is 5.92 Å². The molecular formula is C25H28N2O5. The maximum Gasteiger partial charge on any atom is 0.250 e. The van der Waals surface area contributed by atoms with Crippen LogP contribution in [0, 0.1) is 5.92 Å². The summed E-state index contributed by atoms with van der Waals surface area (Å²) in [7, 11) is 1.63. The molecule has 5 rings (SSSR count). The van der Waals surface area contributed by atoms with Crippen molar-refractivity contribution in [3.63, 3.8) is 0 Å². The molecule has 2 saturated heterocycles. The van der Waals surface area contributed by atoms with E-state index in [1.807, 2.05) is 48.5 Å². The molecule has 2 bridgehead atoms. The van der Waals surface area contributed by atoms with Gasteiger partial charge in [-0.1, -0.05) is 24.3 Å². The molecule has 0 N–H and O–H groups in total. The van der Waals surface area contributed by atoms with E-state index >= 15 is 0 Å². The van der Waals surface area contributed by atoms with Crippen LogP contribution in [0.4, 0.5) is 5.69 Å². The summed E-state index contributed by atoms with van der Waals surface area (Å²) in [4.78, 5) is 30.7. The van der Waals surface area contributed by atoms with Crippen molar-refractivity contribution in [3.8, 4) is 11.5 Å². The smallest absolute Gasteiger partial charge is 0.250 e. The Morgan fingerprint density at radius 2 is 1.84 bits per heavy atom. The Morgan fingerprint density at radius 3 is 2.59 bits per heavy atom. The molecule has 2 aromatic rings. The number of hydrogen-bond acceptors (Lipinski definition) is 5. The SMILES string of the molecule is COc1ccc(CN2C(=O)[C@@H]3C[C@@H](CN3C(=O)C3CCOCC3)Oc3ccccc32)cc1. The molecule has 0 radical (unpaired) electrons. The fourth-order valence-electron chi connectivity index (χ4n) is 4.87. The van der Waals surface area contributed by atoms with Crippen LogP contribution in [0.3, 0.4) is 0 Å². The predicted molar refractivity (Wildman–Crippen MR) is 119 cm³/mol. The van der Waals surface area contributed by atoms with Gasteiger partial charge in [0.15, 0.2) is 0 Å². The van der Waals surface area contributed by atoms with Crippen molar-refractivity contribution < 1.29 is 23.8 Å². The number of amides is 2. The molecule has 0 spiro atoms. The first-order valence-corrected chi connectivity index (χ1v) is 11.2. The van der Waals surface area contributed by atoms with Crippen molar-refractivity contribution >= 4 is 17.5 Å². The number of para-hydroxylation sites is 2. The molecule has 0 aromatic heterocycles. The fraction of sp³-hybridized carbons (Fsp3) is 0.440. The number of methoxy groups -OCH3 is 1. The van der Waals surface area contributed by atoms with E-state index in [2.05, 4.69) is 0 Å². The highest BCUT2D eigenvalue weighted by Gasteiger charge is 2.46. The van der Waals surface area contributed by atoms with Gasteiger partial charge in [0.25, 0.3) is 0 Å². The van der Waals surface area contributed by atoms with E-state index in [0.717, 1.165) is 17.0 Å². The summed E-state index contributed by atoms with van der Waals surface area (Å²) in [6.07, 6.45) is 1.74. The van der Waals surface area contributed by atoms with Crippen LogP contribution in [0.5, 0.6) is 11.5 Å². The number of ether oxygens (including phenoxy) is 3. The third-order valence-corrected chi connectivity index (χ3v) is 6.62. The van der Waals surface area contributed by atoms with Crippen LogP contribution in [0.15, 0.2) is 48.5 Å². The zero-order valence-electron chi connectivity index (χ0n) is 18.2. The van der Waals surface area contributed by atoms with Crippen molar-refractivity contribution in [1.82, 2.24) is 4.90 Å². The molecule has 3 heterocycles. The second kappa shape index (κ2) is 8.82. The number of carbonyl (C=O) groups is 2. The second-order valence-electron chi connectivity index (χ2n) is 8.61. The van der Waals surface area contributed by atoms with Crippen LogP contribution in [0.1, 0.15) is 24.8 Å². The number of hydrogen-bond donors (Lipinski definition) is 0. The Hall–Kier alpha value is -3.06. The molecule has 0 saturated carbocycles. The first-order chi connectivity index (χ1) is 15.6. The third-order valence-electron chi connectivity index (χ3n) is 6.62. The Kier molecular flexibility index (Phi) is 5.74. The number of anilines is 1. The number of rotatable bonds is 4. The molecule has 0 unspecified atom stereocenters. The molecule has 32 heavy (non-hydrogen) atoms. The minimum atomic E-state index is -0.512. The van der Waals surface area contributed by atoms with Crippen LogP contribution >= 0.6 is 0 Å². The van der Waals surface area contributed by atoms with Gasteiger partial charge in [0.05, 0.1) is 25.9 Å². The molecule has 168 valence electrons. The lowest BCUT2D eigenvalue weighted by molar-refractivity contribution is -0.143. The van der Waals surface area contributed by atoms with E-state index in [1.54, 1.807) is 16.9 Å². The Labute approximate surface area is 187 Å². The lowest BCUT2D eigenvalue weighted by atomic mass is 9.98. The van der Waals surface area contributed by atoms with Gasteiger partial charge < -0.3 is 24.0 Å². The maximum absolute atomic E-state index is 13.9. The summed E-state index contributed by atoms with van der Waals surface area (Å²) in [6, 6.07) is 14.8. The zero-order chi connectivity index (χ0) is 22.1. The van der Waals surface area contributed by atoms with Gasteiger partial charge in [-0.3, -0.25) is 9.59 Å². The molecular weight excluding hydrogens is 408 g/mol. The van der Waals surface area contributed by atoms with Gasteiger partial charge in [0.2, 0.25) is 11.8 Å². The summed E-state index contributed by atoms with van der Waals surface area (Å²) in [5.74, 6) is 1.35. The quantitative estimate of drug-likeness (QED) is 0.737. The van der Waals surface area contributed by atoms with E-state index < -0.39 is 6.04 Å². The number of carbonyl (C=O) groups excluding carboxylic acids is 2. The summed E-state index contributed by atoms with van der Waals surface area (Å²) in [5.41, 5.74) is 1.72. The lowest BCUT2D eigenvalue weighted by Gasteiger charge is -2.33. The van der Waals surface area contributed by atoms with Crippen molar-refractivity contribution in [3.05, 3.63) is 54.1 Å². The molecule has 3 aliphatic rings. The first kappa shape index (κ1) is 20.8. The van der Waals surface area contributed by atoms with Gasteiger partial charge in [-0.2, -0.15) is 0 Å². The molecule has 7 heteroatoms. The molecule has 3 aliphatic heterocycles. The summed E-state index contributed by atoms with van der Waals surface area (Å²) in [5, 5.41) is 0. The van der Waals surface area contributed by atoms with E-state index in [9.17, 15) is 9.59 Å². The van der Waals surface area contributed by atoms with Gasteiger partial charge in [-0.25, -0.2) is 0 Å². The number of nitrogens with zero attached hydrogens (tertiary/aromatic N) is 2. The monoisotopic (exact) mass is 436 g/mol. The fourth-order valence-corrected chi connectivity index (χ4v) is 4.87. The van der Waals surface area contributed by atoms with Crippen molar-refractivity contribution in [1.29, 1.82) is 0 Å². The normalized spacial score (nSPS) is 23.2. The molecule has 2 amide bonds. The van der Waals surface area contributed by atoms with Crippen molar-refractivity contribution in [2.75, 3.05) is 31.8 Å². The Bertz CT molecular complexity index is 986. The topological polar surface area (TPSA) is 68.3 Å². The third kappa shape index (κ3) is 3.93. The standard InChI is InChI=1S/C25H28N2O5/c1-30-19-8-6-17(7-9-19)15-26-21-4-2-3-5-23(21)32-20-14-22(25(26)29)27(16-20)24(28)18-10-12-31-13-11-18/h2-9,18,20,22H,10-16H2,1H3/t20-,22-/m0/s1. The van der Waals surface area contributed by atoms with Crippen LogP contribution in [-0.2, 0) is 20.9 Å². The molecule has 2 atom stereocenters. The van der Waals surface area contributed by atoms with E-state index in [0.29, 0.717) is 51.3 Å². The Morgan fingerprint density at radius 1 is 1.09 bits per heavy atom. The largest absolute Gasteiger partial charge is 0.497 e. The van der Waals surface area contributed by atoms with Crippen LogP contribution in [0.2, 0.25) is 0 Å². The van der Waals surface area contributed by atoms with Gasteiger partial charge >= 0.3 is 0 Å². The van der Waals surface area contributed by atoms with E-state index in [-0.39, 0.29) is 23.8 Å². The van der Waals surface area contributed by atoms with Crippen LogP contribution < -0.4 is 14.4 Å². The van der Waals surface area contributed by atoms with E-state index in [4.69, 9.17) is 14.2 Å². The van der Waals surface area contributed by atoms with Gasteiger partial charge in [-0.05, 0) is 42.7 Å². The maximum atomic E-state index is 13.9. The van der Waals surface area contributed by atoms with Gasteiger partial charge in [-0.15, -0.1) is 0 Å². The number of likely N-dealkylation sites (tertiary alicyclic amines) is 1. The second-order valence-corrected chi connectivity index (χ2v) is 8.61. The highest BCUT2D eigenvalue weighted by Crippen LogP contribution is 2.38. The average molecular weight is 437 g/mol. The Balaban J connectivity index is 1.46. The van der Waals surface area contributed by atoms with Crippen LogP contribution in [-0.4, -0.2) is 55.7 Å². The summed E-state index contributed by atoms with van der Waals surface area (Å²) in [6.45, 7) is 2.02. The van der Waals surface area contributed by atoms with Gasteiger partial charge in [0, 0.05) is 25.6 Å². The molecule has 0 aliphatic carbocycles. The van der Waals surface area contributed by atoms with Crippen LogP contribution in [0.25, 0.3) is 0 Å². The molecule has 2 fully saturated rings. The first-order valence-electron chi connectivity index (χ1n) is 11.2. The predicted octanol–water partition coefficient (Wildman–Crippen LogP) is 3.02. The minimum absolute atomic E-state index is 0.0492. The number of benzene rings is 2. The summed E-state index contributed by atoms with van der Waals surface area (Å²) < 4.78 is 17.0. The summed E-state index contributed by atoms with van der Waals surface area (Å²) >= 11 is 0. The zero-order valence-corrected chi connectivity index (χ0v) is 18.2. The van der Waals surface area contributed by atoms with E-state index in [1.165, 1.54) is 0 Å². The van der Waals surface area contributed by atoms with Gasteiger partial charge in [0.1, 0.15) is 23.6 Å². The minimum Gasteiger partial charge on any atom is -0.497 e. The number of fused-ring (bicyclic) bond motifs is 3.